The van der Waals surface area contributed by atoms with E-state index in [1.54, 1.807) is 0 Å². The number of halogens is 2. The lowest BCUT2D eigenvalue weighted by Crippen LogP contribution is -2.51. The van der Waals surface area contributed by atoms with Crippen molar-refractivity contribution in [3.63, 3.8) is 0 Å². The van der Waals surface area contributed by atoms with Gasteiger partial charge in [0.2, 0.25) is 0 Å². The van der Waals surface area contributed by atoms with Crippen LogP contribution in [0.1, 0.15) is 27.2 Å². The molecule has 0 aromatic carbocycles. The maximum atomic E-state index is 13.1. The number of esters is 1. The van der Waals surface area contributed by atoms with Gasteiger partial charge in [-0.2, -0.15) is 8.78 Å². The van der Waals surface area contributed by atoms with Crippen LogP contribution in [0.5, 0.6) is 0 Å². The SMILES string of the molecule is CCOC(=O)C(F)(F)C(C)(O)CC. The smallest absolute Gasteiger partial charge is 0.380 e. The lowest BCUT2D eigenvalue weighted by molar-refractivity contribution is -0.209. The number of hydrogen-bond donors (Lipinski definition) is 1. The minimum Gasteiger partial charge on any atom is -0.461 e. The predicted molar refractivity (Wildman–Crippen MR) is 42.5 cm³/mol. The molecule has 0 fully saturated rings. The molecule has 1 N–H and O–H groups in total. The largest absolute Gasteiger partial charge is 0.461 e. The molecular weight excluding hydrogens is 182 g/mol. The fourth-order valence-corrected chi connectivity index (χ4v) is 0.664. The number of alkyl halides is 2. The molecular formula is C8H14F2O3. The van der Waals surface area contributed by atoms with Crippen LogP contribution in [-0.4, -0.2) is 29.2 Å². The van der Waals surface area contributed by atoms with Crippen molar-refractivity contribution in [1.29, 1.82) is 0 Å². The number of carbonyl (C=O) groups excluding carboxylic acids is 1. The fraction of sp³-hybridized carbons (Fsp3) is 0.875. The van der Waals surface area contributed by atoms with E-state index in [1.807, 2.05) is 0 Å². The first kappa shape index (κ1) is 12.3. The maximum Gasteiger partial charge on any atom is 0.380 e. The first-order valence-electron chi connectivity index (χ1n) is 4.07. The van der Waals surface area contributed by atoms with Crippen LogP contribution in [0, 0.1) is 0 Å². The second-order valence-electron chi connectivity index (χ2n) is 2.92. The standard InChI is InChI=1S/C8H14F2O3/c1-4-7(3,12)8(9,10)6(11)13-5-2/h12H,4-5H2,1-3H3. The van der Waals surface area contributed by atoms with Crippen molar-refractivity contribution in [3.05, 3.63) is 0 Å². The molecule has 1 unspecified atom stereocenters. The second-order valence-corrected chi connectivity index (χ2v) is 2.92. The van der Waals surface area contributed by atoms with Gasteiger partial charge in [-0.05, 0) is 20.3 Å². The second kappa shape index (κ2) is 4.00. The monoisotopic (exact) mass is 196 g/mol. The predicted octanol–water partition coefficient (Wildman–Crippen LogP) is 1.35. The molecule has 0 radical (unpaired) electrons. The van der Waals surface area contributed by atoms with E-state index in [0.717, 1.165) is 6.92 Å². The van der Waals surface area contributed by atoms with Crippen molar-refractivity contribution < 1.29 is 23.4 Å². The van der Waals surface area contributed by atoms with Gasteiger partial charge in [0.15, 0.2) is 0 Å². The quantitative estimate of drug-likeness (QED) is 0.690. The van der Waals surface area contributed by atoms with Crippen LogP contribution in [-0.2, 0) is 9.53 Å². The van der Waals surface area contributed by atoms with Crippen molar-refractivity contribution in [2.24, 2.45) is 0 Å². The Hall–Kier alpha value is -0.710. The van der Waals surface area contributed by atoms with Gasteiger partial charge in [0, 0.05) is 0 Å². The number of aliphatic hydroxyl groups is 1. The first-order chi connectivity index (χ1) is 5.79. The highest BCUT2D eigenvalue weighted by atomic mass is 19.3. The Kier molecular flexibility index (Phi) is 3.78. The van der Waals surface area contributed by atoms with E-state index in [0.29, 0.717) is 0 Å². The molecule has 5 heteroatoms. The number of carbonyl (C=O) groups is 1. The zero-order chi connectivity index (χ0) is 10.7. The topological polar surface area (TPSA) is 46.5 Å². The van der Waals surface area contributed by atoms with Gasteiger partial charge in [0.1, 0.15) is 5.60 Å². The third-order valence-corrected chi connectivity index (χ3v) is 1.90. The number of ether oxygens (including phenoxy) is 1. The number of rotatable bonds is 4. The summed E-state index contributed by atoms with van der Waals surface area (Å²) in [7, 11) is 0. The number of hydrogen-bond acceptors (Lipinski definition) is 3. The van der Waals surface area contributed by atoms with Crippen molar-refractivity contribution >= 4 is 5.97 Å². The minimum absolute atomic E-state index is 0.131. The van der Waals surface area contributed by atoms with Crippen LogP contribution < -0.4 is 0 Å². The summed E-state index contributed by atoms with van der Waals surface area (Å²) in [6.07, 6.45) is -0.223. The zero-order valence-electron chi connectivity index (χ0n) is 7.93. The van der Waals surface area contributed by atoms with Gasteiger partial charge in [-0.15, -0.1) is 0 Å². The van der Waals surface area contributed by atoms with E-state index in [1.165, 1.54) is 13.8 Å². The van der Waals surface area contributed by atoms with Crippen molar-refractivity contribution in [2.45, 2.75) is 38.7 Å². The zero-order valence-corrected chi connectivity index (χ0v) is 7.93. The Morgan fingerprint density at radius 2 is 1.92 bits per heavy atom. The molecule has 0 amide bonds. The molecule has 0 aliphatic heterocycles. The molecule has 0 spiro atoms. The lowest BCUT2D eigenvalue weighted by Gasteiger charge is -2.29. The van der Waals surface area contributed by atoms with Crippen LogP contribution in [0.3, 0.4) is 0 Å². The summed E-state index contributed by atoms with van der Waals surface area (Å²) in [5.74, 6) is -5.53. The van der Waals surface area contributed by atoms with E-state index >= 15 is 0 Å². The Labute approximate surface area is 75.7 Å². The molecule has 0 aliphatic rings. The molecule has 0 aliphatic carbocycles. The lowest BCUT2D eigenvalue weighted by atomic mass is 9.95. The maximum absolute atomic E-state index is 13.1. The molecule has 0 rings (SSSR count). The third-order valence-electron chi connectivity index (χ3n) is 1.90. The van der Waals surface area contributed by atoms with Crippen LogP contribution in [0.15, 0.2) is 0 Å². The summed E-state index contributed by atoms with van der Waals surface area (Å²) in [6.45, 7) is 3.57. The molecule has 0 heterocycles. The summed E-state index contributed by atoms with van der Waals surface area (Å²) < 4.78 is 30.3. The molecule has 13 heavy (non-hydrogen) atoms. The molecule has 0 bridgehead atoms. The summed E-state index contributed by atoms with van der Waals surface area (Å²) in [5, 5.41) is 9.20. The third kappa shape index (κ3) is 2.37. The first-order valence-corrected chi connectivity index (χ1v) is 4.07. The molecule has 3 nitrogen and oxygen atoms in total. The van der Waals surface area contributed by atoms with Crippen LogP contribution in [0.25, 0.3) is 0 Å². The normalized spacial score (nSPS) is 16.5. The van der Waals surface area contributed by atoms with Crippen LogP contribution in [0.2, 0.25) is 0 Å². The Balaban J connectivity index is 4.64. The van der Waals surface area contributed by atoms with E-state index in [9.17, 15) is 18.7 Å². The van der Waals surface area contributed by atoms with Gasteiger partial charge in [0.05, 0.1) is 6.61 Å². The van der Waals surface area contributed by atoms with Crippen molar-refractivity contribution in [3.8, 4) is 0 Å². The minimum atomic E-state index is -3.85. The van der Waals surface area contributed by atoms with Crippen LogP contribution >= 0.6 is 0 Å². The van der Waals surface area contributed by atoms with Crippen molar-refractivity contribution in [1.82, 2.24) is 0 Å². The van der Waals surface area contributed by atoms with E-state index in [2.05, 4.69) is 4.74 Å². The molecule has 78 valence electrons. The average molecular weight is 196 g/mol. The van der Waals surface area contributed by atoms with E-state index in [-0.39, 0.29) is 13.0 Å². The highest BCUT2D eigenvalue weighted by molar-refractivity contribution is 5.79. The molecule has 0 saturated heterocycles. The average Bonchev–Trinajstić information content (AvgIpc) is 2.04. The van der Waals surface area contributed by atoms with Gasteiger partial charge in [-0.1, -0.05) is 6.92 Å². The molecule has 0 aromatic heterocycles. The fourth-order valence-electron chi connectivity index (χ4n) is 0.664. The van der Waals surface area contributed by atoms with Gasteiger partial charge in [-0.3, -0.25) is 0 Å². The Bertz CT molecular complexity index is 190. The Morgan fingerprint density at radius 3 is 2.23 bits per heavy atom. The van der Waals surface area contributed by atoms with E-state index < -0.39 is 17.5 Å². The summed E-state index contributed by atoms with van der Waals surface area (Å²) in [6, 6.07) is 0. The summed E-state index contributed by atoms with van der Waals surface area (Å²) in [4.78, 5) is 10.7. The Morgan fingerprint density at radius 1 is 1.46 bits per heavy atom. The molecule has 0 saturated carbocycles. The van der Waals surface area contributed by atoms with E-state index in [4.69, 9.17) is 0 Å². The molecule has 1 atom stereocenters. The van der Waals surface area contributed by atoms with Crippen LogP contribution in [0.4, 0.5) is 8.78 Å². The van der Waals surface area contributed by atoms with Gasteiger partial charge in [0.25, 0.3) is 0 Å². The highest BCUT2D eigenvalue weighted by Crippen LogP contribution is 2.32. The van der Waals surface area contributed by atoms with Crippen molar-refractivity contribution in [2.75, 3.05) is 6.61 Å². The molecule has 0 aromatic rings. The summed E-state index contributed by atoms with van der Waals surface area (Å²) in [5.41, 5.74) is -2.35. The van der Waals surface area contributed by atoms with Gasteiger partial charge in [-0.25, -0.2) is 4.79 Å². The van der Waals surface area contributed by atoms with Gasteiger partial charge < -0.3 is 9.84 Å². The highest BCUT2D eigenvalue weighted by Gasteiger charge is 2.55. The summed E-state index contributed by atoms with van der Waals surface area (Å²) >= 11 is 0. The van der Waals surface area contributed by atoms with Gasteiger partial charge >= 0.3 is 11.9 Å².